The van der Waals surface area contributed by atoms with Crippen LogP contribution in [0, 0.1) is 0 Å². The summed E-state index contributed by atoms with van der Waals surface area (Å²) in [7, 11) is 0. The standard InChI is InChI=1S/C13H15N7O/c14-10-5-8(13-16-18-19-17-13)6-11-9(10)7-15-20(11)12-3-1-2-4-21-12/h5-7,12H,1-4,14H2,(H,16,17,18,19). The van der Waals surface area contributed by atoms with E-state index in [-0.39, 0.29) is 6.23 Å². The first-order valence-electron chi connectivity index (χ1n) is 6.95. The molecule has 8 nitrogen and oxygen atoms in total. The molecular formula is C13H15N7O. The van der Waals surface area contributed by atoms with Crippen molar-refractivity contribution in [1.29, 1.82) is 0 Å². The second-order valence-electron chi connectivity index (χ2n) is 5.14. The van der Waals surface area contributed by atoms with Crippen molar-refractivity contribution in [1.82, 2.24) is 30.4 Å². The second kappa shape index (κ2) is 4.81. The van der Waals surface area contributed by atoms with Crippen molar-refractivity contribution in [3.05, 3.63) is 18.3 Å². The Kier molecular flexibility index (Phi) is 2.81. The summed E-state index contributed by atoms with van der Waals surface area (Å²) in [5.41, 5.74) is 8.52. The molecule has 108 valence electrons. The monoisotopic (exact) mass is 285 g/mol. The molecule has 3 heterocycles. The summed E-state index contributed by atoms with van der Waals surface area (Å²) in [4.78, 5) is 0. The summed E-state index contributed by atoms with van der Waals surface area (Å²) in [6, 6.07) is 3.81. The number of rotatable bonds is 2. The molecule has 1 atom stereocenters. The van der Waals surface area contributed by atoms with Gasteiger partial charge in [-0.25, -0.2) is 4.68 Å². The zero-order valence-corrected chi connectivity index (χ0v) is 11.4. The molecule has 1 aromatic carbocycles. The molecule has 0 radical (unpaired) electrons. The number of hydrogen-bond donors (Lipinski definition) is 2. The van der Waals surface area contributed by atoms with Crippen molar-refractivity contribution in [3.8, 4) is 11.4 Å². The maximum Gasteiger partial charge on any atom is 0.204 e. The van der Waals surface area contributed by atoms with E-state index in [2.05, 4.69) is 25.7 Å². The van der Waals surface area contributed by atoms with Crippen LogP contribution in [-0.2, 0) is 4.74 Å². The molecule has 1 aliphatic heterocycles. The number of H-pyrrole nitrogens is 1. The molecule has 0 spiro atoms. The van der Waals surface area contributed by atoms with Crippen LogP contribution < -0.4 is 5.73 Å². The predicted molar refractivity (Wildman–Crippen MR) is 76.2 cm³/mol. The van der Waals surface area contributed by atoms with Gasteiger partial charge < -0.3 is 10.5 Å². The minimum atomic E-state index is -0.0313. The first-order valence-corrected chi connectivity index (χ1v) is 6.95. The van der Waals surface area contributed by atoms with Crippen LogP contribution >= 0.6 is 0 Å². The number of hydrogen-bond acceptors (Lipinski definition) is 6. The SMILES string of the molecule is Nc1cc(-c2nn[nH]n2)cc2c1cnn2C1CCCCO1. The Morgan fingerprint density at radius 2 is 2.29 bits per heavy atom. The number of fused-ring (bicyclic) bond motifs is 1. The van der Waals surface area contributed by atoms with Crippen LogP contribution in [0.25, 0.3) is 22.3 Å². The van der Waals surface area contributed by atoms with Crippen molar-refractivity contribution < 1.29 is 4.74 Å². The summed E-state index contributed by atoms with van der Waals surface area (Å²) < 4.78 is 7.71. The number of nitrogens with one attached hydrogen (secondary N) is 1. The first kappa shape index (κ1) is 12.3. The normalized spacial score (nSPS) is 19.1. The van der Waals surface area contributed by atoms with Crippen LogP contribution in [0.4, 0.5) is 5.69 Å². The van der Waals surface area contributed by atoms with E-state index in [1.807, 2.05) is 16.8 Å². The van der Waals surface area contributed by atoms with E-state index in [0.717, 1.165) is 42.3 Å². The molecule has 1 saturated heterocycles. The third-order valence-electron chi connectivity index (χ3n) is 3.78. The Labute approximate surface area is 120 Å². The van der Waals surface area contributed by atoms with Crippen molar-refractivity contribution in [2.24, 2.45) is 0 Å². The number of aromatic amines is 1. The third kappa shape index (κ3) is 2.04. The van der Waals surface area contributed by atoms with Gasteiger partial charge in [0.15, 0.2) is 6.23 Å². The molecule has 3 aromatic rings. The van der Waals surface area contributed by atoms with Crippen LogP contribution in [-0.4, -0.2) is 37.0 Å². The van der Waals surface area contributed by atoms with Gasteiger partial charge in [-0.2, -0.15) is 10.3 Å². The van der Waals surface area contributed by atoms with Gasteiger partial charge in [0.2, 0.25) is 5.82 Å². The lowest BCUT2D eigenvalue weighted by Gasteiger charge is -2.23. The van der Waals surface area contributed by atoms with Crippen LogP contribution in [0.1, 0.15) is 25.5 Å². The average molecular weight is 285 g/mol. The lowest BCUT2D eigenvalue weighted by atomic mass is 10.1. The number of nitrogen functional groups attached to an aromatic ring is 1. The number of tetrazole rings is 1. The second-order valence-corrected chi connectivity index (χ2v) is 5.14. The molecule has 3 N–H and O–H groups in total. The van der Waals surface area contributed by atoms with Gasteiger partial charge in [-0.05, 0) is 36.6 Å². The number of aromatic nitrogens is 6. The smallest absolute Gasteiger partial charge is 0.204 e. The molecule has 1 aliphatic rings. The fourth-order valence-corrected chi connectivity index (χ4v) is 2.73. The Morgan fingerprint density at radius 1 is 1.33 bits per heavy atom. The van der Waals surface area contributed by atoms with E-state index >= 15 is 0 Å². The number of nitrogens with two attached hydrogens (primary N) is 1. The fraction of sp³-hybridized carbons (Fsp3) is 0.385. The van der Waals surface area contributed by atoms with Crippen molar-refractivity contribution in [3.63, 3.8) is 0 Å². The highest BCUT2D eigenvalue weighted by Gasteiger charge is 2.20. The number of ether oxygens (including phenoxy) is 1. The summed E-state index contributed by atoms with van der Waals surface area (Å²) in [6.45, 7) is 0.770. The van der Waals surface area contributed by atoms with E-state index < -0.39 is 0 Å². The molecule has 1 unspecified atom stereocenters. The molecule has 21 heavy (non-hydrogen) atoms. The Hall–Kier alpha value is -2.48. The minimum Gasteiger partial charge on any atom is -0.398 e. The van der Waals surface area contributed by atoms with Gasteiger partial charge in [0.05, 0.1) is 11.7 Å². The highest BCUT2D eigenvalue weighted by molar-refractivity contribution is 5.94. The zero-order valence-electron chi connectivity index (χ0n) is 11.4. The molecule has 0 bridgehead atoms. The van der Waals surface area contributed by atoms with Gasteiger partial charge in [0.1, 0.15) is 0 Å². The molecule has 0 aliphatic carbocycles. The quantitative estimate of drug-likeness (QED) is 0.691. The van der Waals surface area contributed by atoms with Gasteiger partial charge >= 0.3 is 0 Å². The molecule has 0 saturated carbocycles. The summed E-state index contributed by atoms with van der Waals surface area (Å²) in [6.07, 6.45) is 4.96. The Morgan fingerprint density at radius 3 is 3.05 bits per heavy atom. The van der Waals surface area contributed by atoms with Gasteiger partial charge in [0, 0.05) is 23.2 Å². The van der Waals surface area contributed by atoms with Crippen molar-refractivity contribution in [2.45, 2.75) is 25.5 Å². The maximum absolute atomic E-state index is 6.13. The van der Waals surface area contributed by atoms with E-state index in [1.54, 1.807) is 6.20 Å². The van der Waals surface area contributed by atoms with Crippen molar-refractivity contribution in [2.75, 3.05) is 12.3 Å². The molecule has 1 fully saturated rings. The molecule has 0 amide bonds. The van der Waals surface area contributed by atoms with E-state index in [9.17, 15) is 0 Å². The number of nitrogens with zero attached hydrogens (tertiary/aromatic N) is 5. The zero-order chi connectivity index (χ0) is 14.2. The molecular weight excluding hydrogens is 270 g/mol. The molecule has 2 aromatic heterocycles. The van der Waals surface area contributed by atoms with Crippen LogP contribution in [0.15, 0.2) is 18.3 Å². The van der Waals surface area contributed by atoms with E-state index in [0.29, 0.717) is 11.5 Å². The van der Waals surface area contributed by atoms with E-state index in [4.69, 9.17) is 10.5 Å². The Balaban J connectivity index is 1.85. The molecule has 8 heteroatoms. The van der Waals surface area contributed by atoms with Crippen LogP contribution in [0.2, 0.25) is 0 Å². The Bertz CT molecular complexity index is 758. The van der Waals surface area contributed by atoms with Gasteiger partial charge in [0.25, 0.3) is 0 Å². The summed E-state index contributed by atoms with van der Waals surface area (Å²) >= 11 is 0. The average Bonchev–Trinajstić information content (AvgIpc) is 3.18. The highest BCUT2D eigenvalue weighted by Crippen LogP contribution is 2.31. The lowest BCUT2D eigenvalue weighted by molar-refractivity contribution is -0.0366. The predicted octanol–water partition coefficient (Wildman–Crippen LogP) is 1.50. The number of anilines is 1. The van der Waals surface area contributed by atoms with Crippen molar-refractivity contribution >= 4 is 16.6 Å². The van der Waals surface area contributed by atoms with E-state index in [1.165, 1.54) is 0 Å². The topological polar surface area (TPSA) is 108 Å². The highest BCUT2D eigenvalue weighted by atomic mass is 16.5. The van der Waals surface area contributed by atoms with Crippen LogP contribution in [0.3, 0.4) is 0 Å². The minimum absolute atomic E-state index is 0.0313. The maximum atomic E-state index is 6.13. The van der Waals surface area contributed by atoms with Gasteiger partial charge in [-0.1, -0.05) is 0 Å². The summed E-state index contributed by atoms with van der Waals surface area (Å²) in [5.74, 6) is 0.515. The first-order chi connectivity index (χ1) is 10.3. The third-order valence-corrected chi connectivity index (χ3v) is 3.78. The van der Waals surface area contributed by atoms with Gasteiger partial charge in [-0.3, -0.25) is 0 Å². The summed E-state index contributed by atoms with van der Waals surface area (Å²) in [5, 5.41) is 19.4. The molecule has 4 rings (SSSR count). The lowest BCUT2D eigenvalue weighted by Crippen LogP contribution is -2.19. The van der Waals surface area contributed by atoms with Crippen LogP contribution in [0.5, 0.6) is 0 Å². The fourth-order valence-electron chi connectivity index (χ4n) is 2.73. The number of benzene rings is 1. The largest absolute Gasteiger partial charge is 0.398 e. The van der Waals surface area contributed by atoms with Gasteiger partial charge in [-0.15, -0.1) is 10.2 Å².